The van der Waals surface area contributed by atoms with Gasteiger partial charge in [-0.25, -0.2) is 4.79 Å². The molecule has 0 aliphatic carbocycles. The summed E-state index contributed by atoms with van der Waals surface area (Å²) in [5.41, 5.74) is 1.25. The predicted molar refractivity (Wildman–Crippen MR) is 95.7 cm³/mol. The van der Waals surface area contributed by atoms with Crippen LogP contribution in [-0.2, 0) is 14.3 Å². The fourth-order valence-corrected chi connectivity index (χ4v) is 2.11. The summed E-state index contributed by atoms with van der Waals surface area (Å²) in [5, 5.41) is 5.76. The first kappa shape index (κ1) is 18.5. The molecular formula is C18H17ClN2O4. The number of amides is 2. The molecule has 1 atom stereocenters. The quantitative estimate of drug-likeness (QED) is 0.799. The van der Waals surface area contributed by atoms with Crippen LogP contribution in [0.15, 0.2) is 48.5 Å². The van der Waals surface area contributed by atoms with Gasteiger partial charge in [0.2, 0.25) is 5.91 Å². The van der Waals surface area contributed by atoms with Crippen molar-refractivity contribution in [1.82, 2.24) is 0 Å². The summed E-state index contributed by atoms with van der Waals surface area (Å²) >= 11 is 5.78. The number of esters is 1. The van der Waals surface area contributed by atoms with Crippen LogP contribution in [0.2, 0.25) is 5.02 Å². The lowest BCUT2D eigenvalue weighted by atomic mass is 10.2. The molecule has 0 saturated carbocycles. The van der Waals surface area contributed by atoms with Crippen LogP contribution >= 0.6 is 11.6 Å². The van der Waals surface area contributed by atoms with Crippen molar-refractivity contribution in [1.29, 1.82) is 0 Å². The van der Waals surface area contributed by atoms with E-state index in [0.717, 1.165) is 0 Å². The number of hydrogen-bond donors (Lipinski definition) is 2. The van der Waals surface area contributed by atoms with Crippen molar-refractivity contribution in [2.24, 2.45) is 0 Å². The maximum absolute atomic E-state index is 12.2. The number of nitrogens with one attached hydrogen (secondary N) is 2. The minimum atomic E-state index is -0.993. The fraction of sp³-hybridized carbons (Fsp3) is 0.167. The van der Waals surface area contributed by atoms with Crippen LogP contribution in [0.3, 0.4) is 0 Å². The normalized spacial score (nSPS) is 11.3. The summed E-state index contributed by atoms with van der Waals surface area (Å²) in [4.78, 5) is 35.3. The lowest BCUT2D eigenvalue weighted by Crippen LogP contribution is -2.30. The van der Waals surface area contributed by atoms with E-state index in [1.165, 1.54) is 26.0 Å². The third-order valence-corrected chi connectivity index (χ3v) is 3.44. The SMILES string of the molecule is CC(=O)Nc1cccc(C(=O)O[C@H](C)C(=O)Nc2ccc(Cl)cc2)c1. The van der Waals surface area contributed by atoms with E-state index in [9.17, 15) is 14.4 Å². The maximum atomic E-state index is 12.2. The van der Waals surface area contributed by atoms with Gasteiger partial charge < -0.3 is 15.4 Å². The molecule has 0 fully saturated rings. The third kappa shape index (κ3) is 5.61. The molecule has 2 amide bonds. The van der Waals surface area contributed by atoms with Crippen LogP contribution in [0.1, 0.15) is 24.2 Å². The van der Waals surface area contributed by atoms with Gasteiger partial charge in [-0.3, -0.25) is 9.59 Å². The van der Waals surface area contributed by atoms with Crippen molar-refractivity contribution in [3.63, 3.8) is 0 Å². The summed E-state index contributed by atoms with van der Waals surface area (Å²) in [7, 11) is 0. The van der Waals surface area contributed by atoms with Crippen molar-refractivity contribution in [2.45, 2.75) is 20.0 Å². The zero-order chi connectivity index (χ0) is 18.4. The maximum Gasteiger partial charge on any atom is 0.338 e. The van der Waals surface area contributed by atoms with Gasteiger partial charge in [0.25, 0.3) is 5.91 Å². The molecule has 0 radical (unpaired) electrons. The Kier molecular flexibility index (Phi) is 6.14. The molecule has 0 aliphatic heterocycles. The molecule has 25 heavy (non-hydrogen) atoms. The smallest absolute Gasteiger partial charge is 0.338 e. The van der Waals surface area contributed by atoms with E-state index in [2.05, 4.69) is 10.6 Å². The van der Waals surface area contributed by atoms with Gasteiger partial charge in [-0.1, -0.05) is 17.7 Å². The van der Waals surface area contributed by atoms with Gasteiger partial charge in [-0.15, -0.1) is 0 Å². The van der Waals surface area contributed by atoms with Crippen molar-refractivity contribution in [3.05, 3.63) is 59.1 Å². The number of carbonyl (C=O) groups excluding carboxylic acids is 3. The van der Waals surface area contributed by atoms with Gasteiger partial charge in [0, 0.05) is 23.3 Å². The Morgan fingerprint density at radius 1 is 1.00 bits per heavy atom. The Hall–Kier alpha value is -2.86. The average molecular weight is 361 g/mol. The van der Waals surface area contributed by atoms with Crippen molar-refractivity contribution in [3.8, 4) is 0 Å². The van der Waals surface area contributed by atoms with E-state index >= 15 is 0 Å². The van der Waals surface area contributed by atoms with E-state index in [1.807, 2.05) is 0 Å². The van der Waals surface area contributed by atoms with Crippen LogP contribution in [0.25, 0.3) is 0 Å². The van der Waals surface area contributed by atoms with Gasteiger partial charge >= 0.3 is 5.97 Å². The minimum Gasteiger partial charge on any atom is -0.449 e. The zero-order valence-electron chi connectivity index (χ0n) is 13.7. The number of rotatable bonds is 5. The molecule has 130 valence electrons. The second kappa shape index (κ2) is 8.30. The Morgan fingerprint density at radius 3 is 2.32 bits per heavy atom. The molecule has 2 N–H and O–H groups in total. The Labute approximate surface area is 150 Å². The topological polar surface area (TPSA) is 84.5 Å². The molecule has 0 heterocycles. The number of ether oxygens (including phenoxy) is 1. The summed E-state index contributed by atoms with van der Waals surface area (Å²) < 4.78 is 5.16. The van der Waals surface area contributed by atoms with E-state index in [0.29, 0.717) is 16.4 Å². The van der Waals surface area contributed by atoms with Crippen LogP contribution < -0.4 is 10.6 Å². The first-order valence-electron chi connectivity index (χ1n) is 7.50. The van der Waals surface area contributed by atoms with Gasteiger partial charge in [0.15, 0.2) is 6.10 Å². The summed E-state index contributed by atoms with van der Waals surface area (Å²) in [5.74, 6) is -1.37. The van der Waals surface area contributed by atoms with Crippen LogP contribution in [-0.4, -0.2) is 23.9 Å². The van der Waals surface area contributed by atoms with Gasteiger partial charge in [-0.05, 0) is 49.4 Å². The van der Waals surface area contributed by atoms with Crippen LogP contribution in [0.4, 0.5) is 11.4 Å². The summed E-state index contributed by atoms with van der Waals surface area (Å²) in [6.07, 6.45) is -0.993. The molecule has 0 aliphatic rings. The van der Waals surface area contributed by atoms with Crippen molar-refractivity contribution < 1.29 is 19.1 Å². The highest BCUT2D eigenvalue weighted by molar-refractivity contribution is 6.30. The fourth-order valence-electron chi connectivity index (χ4n) is 1.99. The monoisotopic (exact) mass is 360 g/mol. The Bertz CT molecular complexity index is 790. The molecule has 2 aromatic carbocycles. The third-order valence-electron chi connectivity index (χ3n) is 3.18. The van der Waals surface area contributed by atoms with E-state index in [1.54, 1.807) is 36.4 Å². The number of anilines is 2. The Balaban J connectivity index is 1.98. The van der Waals surface area contributed by atoms with E-state index in [-0.39, 0.29) is 11.5 Å². The van der Waals surface area contributed by atoms with E-state index < -0.39 is 18.0 Å². The molecule has 0 saturated heterocycles. The van der Waals surface area contributed by atoms with E-state index in [4.69, 9.17) is 16.3 Å². The highest BCUT2D eigenvalue weighted by Crippen LogP contribution is 2.15. The van der Waals surface area contributed by atoms with Gasteiger partial charge in [0.05, 0.1) is 5.56 Å². The number of hydrogen-bond acceptors (Lipinski definition) is 4. The standard InChI is InChI=1S/C18H17ClN2O4/c1-11(17(23)21-15-8-6-14(19)7-9-15)25-18(24)13-4-3-5-16(10-13)20-12(2)22/h3-11H,1-2H3,(H,20,22)(H,21,23)/t11-/m1/s1. The van der Waals surface area contributed by atoms with Gasteiger partial charge in [0.1, 0.15) is 0 Å². The zero-order valence-corrected chi connectivity index (χ0v) is 14.5. The lowest BCUT2D eigenvalue weighted by Gasteiger charge is -2.14. The van der Waals surface area contributed by atoms with Crippen molar-refractivity contribution in [2.75, 3.05) is 10.6 Å². The average Bonchev–Trinajstić information content (AvgIpc) is 2.56. The first-order chi connectivity index (χ1) is 11.8. The highest BCUT2D eigenvalue weighted by atomic mass is 35.5. The lowest BCUT2D eigenvalue weighted by molar-refractivity contribution is -0.123. The first-order valence-corrected chi connectivity index (χ1v) is 7.88. The molecule has 0 bridgehead atoms. The molecule has 0 spiro atoms. The second-order valence-corrected chi connectivity index (χ2v) is 5.74. The molecule has 2 aromatic rings. The molecule has 0 unspecified atom stereocenters. The predicted octanol–water partition coefficient (Wildman–Crippen LogP) is 3.48. The minimum absolute atomic E-state index is 0.234. The largest absolute Gasteiger partial charge is 0.449 e. The summed E-state index contributed by atoms with van der Waals surface area (Å²) in [6, 6.07) is 12.8. The number of carbonyl (C=O) groups is 3. The van der Waals surface area contributed by atoms with Crippen molar-refractivity contribution >= 4 is 40.8 Å². The second-order valence-electron chi connectivity index (χ2n) is 5.31. The summed E-state index contributed by atoms with van der Waals surface area (Å²) in [6.45, 7) is 2.84. The molecular weight excluding hydrogens is 344 g/mol. The number of benzene rings is 2. The molecule has 7 heteroatoms. The molecule has 6 nitrogen and oxygen atoms in total. The molecule has 0 aromatic heterocycles. The molecule has 2 rings (SSSR count). The number of halogens is 1. The van der Waals surface area contributed by atoms with Crippen LogP contribution in [0, 0.1) is 0 Å². The Morgan fingerprint density at radius 2 is 1.68 bits per heavy atom. The van der Waals surface area contributed by atoms with Gasteiger partial charge in [-0.2, -0.15) is 0 Å². The highest BCUT2D eigenvalue weighted by Gasteiger charge is 2.19. The van der Waals surface area contributed by atoms with Crippen LogP contribution in [0.5, 0.6) is 0 Å².